The summed E-state index contributed by atoms with van der Waals surface area (Å²) in [5.41, 5.74) is 5.53. The summed E-state index contributed by atoms with van der Waals surface area (Å²) in [6.45, 7) is 7.37. The van der Waals surface area contributed by atoms with Crippen LogP contribution in [-0.2, 0) is 9.53 Å². The van der Waals surface area contributed by atoms with E-state index in [1.54, 1.807) is 7.11 Å². The van der Waals surface area contributed by atoms with Crippen LogP contribution in [0.2, 0.25) is 0 Å². The van der Waals surface area contributed by atoms with E-state index in [0.29, 0.717) is 25.6 Å². The topological polar surface area (TPSA) is 93.8 Å². The number of rotatable bonds is 6. The van der Waals surface area contributed by atoms with E-state index in [2.05, 4.69) is 14.9 Å². The Morgan fingerprint density at radius 3 is 2.85 bits per heavy atom. The van der Waals surface area contributed by atoms with Gasteiger partial charge in [0.15, 0.2) is 0 Å². The quantitative estimate of drug-likeness (QED) is 0.814. The van der Waals surface area contributed by atoms with Gasteiger partial charge in [0.2, 0.25) is 17.7 Å². The van der Waals surface area contributed by atoms with Crippen LogP contribution in [0.25, 0.3) is 0 Å². The van der Waals surface area contributed by atoms with E-state index >= 15 is 0 Å². The summed E-state index contributed by atoms with van der Waals surface area (Å²) >= 11 is 0. The summed E-state index contributed by atoms with van der Waals surface area (Å²) in [5, 5.41) is 0. The number of anilines is 2. The number of likely N-dealkylation sites (tertiary alicyclic amines) is 1. The Morgan fingerprint density at radius 2 is 2.12 bits per heavy atom. The fourth-order valence-electron chi connectivity index (χ4n) is 3.91. The molecule has 2 N–H and O–H groups in total. The average Bonchev–Trinajstić information content (AvgIpc) is 3.00. The number of piperidine rings is 1. The molecule has 0 saturated carbocycles. The average molecular weight is 363 g/mol. The van der Waals surface area contributed by atoms with Gasteiger partial charge in [-0.1, -0.05) is 0 Å². The Kier molecular flexibility index (Phi) is 5.50. The number of hydrogen-bond donors (Lipinski definition) is 1. The molecule has 0 aliphatic carbocycles. The van der Waals surface area contributed by atoms with E-state index < -0.39 is 0 Å². The number of ether oxygens (including phenoxy) is 2. The van der Waals surface area contributed by atoms with Crippen LogP contribution in [0.1, 0.15) is 33.1 Å². The van der Waals surface area contributed by atoms with Crippen molar-refractivity contribution in [1.82, 2.24) is 14.9 Å². The molecule has 0 aromatic carbocycles. The van der Waals surface area contributed by atoms with Crippen molar-refractivity contribution in [3.63, 3.8) is 0 Å². The van der Waals surface area contributed by atoms with E-state index in [9.17, 15) is 4.79 Å². The highest BCUT2D eigenvalue weighted by atomic mass is 16.5. The van der Waals surface area contributed by atoms with Crippen molar-refractivity contribution < 1.29 is 14.3 Å². The minimum atomic E-state index is -0.329. The maximum absolute atomic E-state index is 13.1. The van der Waals surface area contributed by atoms with E-state index in [1.165, 1.54) is 0 Å². The minimum absolute atomic E-state index is 0.0105. The summed E-state index contributed by atoms with van der Waals surface area (Å²) in [4.78, 5) is 25.6. The number of nitrogens with two attached hydrogens (primary N) is 1. The lowest BCUT2D eigenvalue weighted by atomic mass is 9.78. The van der Waals surface area contributed by atoms with E-state index in [-0.39, 0.29) is 23.4 Å². The number of nitrogen functional groups attached to an aromatic ring is 1. The van der Waals surface area contributed by atoms with Gasteiger partial charge in [0, 0.05) is 39.4 Å². The van der Waals surface area contributed by atoms with Crippen LogP contribution in [0.15, 0.2) is 6.07 Å². The van der Waals surface area contributed by atoms with Gasteiger partial charge in [-0.3, -0.25) is 4.79 Å². The van der Waals surface area contributed by atoms with Crippen LogP contribution in [0.3, 0.4) is 0 Å². The van der Waals surface area contributed by atoms with Crippen molar-refractivity contribution in [1.29, 1.82) is 0 Å². The molecule has 1 aromatic heterocycles. The number of amides is 1. The van der Waals surface area contributed by atoms with Gasteiger partial charge in [0.25, 0.3) is 0 Å². The summed E-state index contributed by atoms with van der Waals surface area (Å²) < 4.78 is 10.8. The van der Waals surface area contributed by atoms with Crippen LogP contribution in [0.5, 0.6) is 5.88 Å². The number of nitrogens with zero attached hydrogens (tertiary/aromatic N) is 4. The molecule has 8 heteroatoms. The van der Waals surface area contributed by atoms with Crippen molar-refractivity contribution in [3.8, 4) is 5.88 Å². The van der Waals surface area contributed by atoms with Crippen molar-refractivity contribution in [3.05, 3.63) is 6.07 Å². The first-order chi connectivity index (χ1) is 12.4. The van der Waals surface area contributed by atoms with Gasteiger partial charge < -0.3 is 25.0 Å². The van der Waals surface area contributed by atoms with Crippen LogP contribution in [-0.4, -0.2) is 66.8 Å². The zero-order chi connectivity index (χ0) is 18.7. The zero-order valence-electron chi connectivity index (χ0n) is 15.9. The standard InChI is InChI=1S/C18H29N5O3/c1-13(2)26-15-11-14(20-17(19)21-15)23-8-6-18(12-23)5-4-7-22(16(18)24)9-10-25-3/h11,13H,4-10,12H2,1-3H3,(H2,19,20,21)/t18-/m0/s1. The van der Waals surface area contributed by atoms with Gasteiger partial charge in [0.05, 0.1) is 18.1 Å². The molecule has 26 heavy (non-hydrogen) atoms. The van der Waals surface area contributed by atoms with Crippen LogP contribution < -0.4 is 15.4 Å². The fourth-order valence-corrected chi connectivity index (χ4v) is 3.91. The van der Waals surface area contributed by atoms with Crippen LogP contribution >= 0.6 is 0 Å². The lowest BCUT2D eigenvalue weighted by molar-refractivity contribution is -0.145. The second-order valence-electron chi connectivity index (χ2n) is 7.43. The molecule has 3 rings (SSSR count). The molecule has 1 amide bonds. The molecule has 2 aliphatic heterocycles. The summed E-state index contributed by atoms with van der Waals surface area (Å²) in [7, 11) is 1.66. The van der Waals surface area contributed by atoms with Gasteiger partial charge >= 0.3 is 0 Å². The third-order valence-electron chi connectivity index (χ3n) is 5.13. The molecular formula is C18H29N5O3. The zero-order valence-corrected chi connectivity index (χ0v) is 15.9. The van der Waals surface area contributed by atoms with Crippen molar-refractivity contribution in [2.24, 2.45) is 5.41 Å². The SMILES string of the molecule is COCCN1CCC[C@@]2(CCN(c3cc(OC(C)C)nc(N)n3)C2)C1=O. The third-order valence-corrected chi connectivity index (χ3v) is 5.13. The van der Waals surface area contributed by atoms with Gasteiger partial charge in [-0.25, -0.2) is 0 Å². The van der Waals surface area contributed by atoms with Crippen molar-refractivity contribution >= 4 is 17.7 Å². The molecule has 1 spiro atoms. The van der Waals surface area contributed by atoms with Gasteiger partial charge in [-0.05, 0) is 33.1 Å². The summed E-state index contributed by atoms with van der Waals surface area (Å²) in [6, 6.07) is 1.81. The maximum Gasteiger partial charge on any atom is 0.230 e. The van der Waals surface area contributed by atoms with Gasteiger partial charge in [0.1, 0.15) is 5.82 Å². The molecule has 0 bridgehead atoms. The lowest BCUT2D eigenvalue weighted by Crippen LogP contribution is -2.51. The van der Waals surface area contributed by atoms with E-state index in [4.69, 9.17) is 15.2 Å². The summed E-state index contributed by atoms with van der Waals surface area (Å²) in [6.07, 6.45) is 2.79. The highest BCUT2D eigenvalue weighted by Gasteiger charge is 2.48. The monoisotopic (exact) mass is 363 g/mol. The first-order valence-corrected chi connectivity index (χ1v) is 9.28. The molecule has 144 valence electrons. The molecular weight excluding hydrogens is 334 g/mol. The maximum atomic E-state index is 13.1. The fraction of sp³-hybridized carbons (Fsp3) is 0.722. The summed E-state index contributed by atoms with van der Waals surface area (Å²) in [5.74, 6) is 1.63. The first-order valence-electron chi connectivity index (χ1n) is 9.28. The van der Waals surface area contributed by atoms with Crippen molar-refractivity contribution in [2.45, 2.75) is 39.2 Å². The normalized spacial score (nSPS) is 23.3. The first kappa shape index (κ1) is 18.7. The number of carbonyl (C=O) groups excluding carboxylic acids is 1. The molecule has 3 heterocycles. The molecule has 1 aromatic rings. The smallest absolute Gasteiger partial charge is 0.230 e. The van der Waals surface area contributed by atoms with Crippen LogP contribution in [0, 0.1) is 5.41 Å². The highest BCUT2D eigenvalue weighted by Crippen LogP contribution is 2.41. The Morgan fingerprint density at radius 1 is 1.31 bits per heavy atom. The number of aromatic nitrogens is 2. The number of carbonyl (C=O) groups is 1. The lowest BCUT2D eigenvalue weighted by Gasteiger charge is -2.39. The van der Waals surface area contributed by atoms with Crippen LogP contribution in [0.4, 0.5) is 11.8 Å². The molecule has 2 saturated heterocycles. The Balaban J connectivity index is 1.75. The second-order valence-corrected chi connectivity index (χ2v) is 7.43. The molecule has 2 aliphatic rings. The Labute approximate surface area is 154 Å². The molecule has 1 atom stereocenters. The minimum Gasteiger partial charge on any atom is -0.475 e. The largest absolute Gasteiger partial charge is 0.475 e. The predicted octanol–water partition coefficient (Wildman–Crippen LogP) is 1.31. The molecule has 8 nitrogen and oxygen atoms in total. The number of hydrogen-bond acceptors (Lipinski definition) is 7. The van der Waals surface area contributed by atoms with Crippen molar-refractivity contribution in [2.75, 3.05) is 50.5 Å². The molecule has 0 radical (unpaired) electrons. The second kappa shape index (κ2) is 7.65. The number of methoxy groups -OCH3 is 1. The van der Waals surface area contributed by atoms with E-state index in [1.807, 2.05) is 24.8 Å². The Bertz CT molecular complexity index is 654. The van der Waals surface area contributed by atoms with Gasteiger partial charge in [-0.15, -0.1) is 0 Å². The molecule has 0 unspecified atom stereocenters. The Hall–Kier alpha value is -2.09. The highest BCUT2D eigenvalue weighted by molar-refractivity contribution is 5.85. The van der Waals surface area contributed by atoms with E-state index in [0.717, 1.165) is 38.2 Å². The third kappa shape index (κ3) is 3.85. The van der Waals surface area contributed by atoms with Gasteiger partial charge in [-0.2, -0.15) is 9.97 Å². The predicted molar refractivity (Wildman–Crippen MR) is 99.2 cm³/mol. The molecule has 2 fully saturated rings.